The largest absolute Gasteiger partial charge is 0.494 e. The molecule has 8 heteroatoms. The maximum absolute atomic E-state index is 12.4. The van der Waals surface area contributed by atoms with Gasteiger partial charge in [0.05, 0.1) is 11.5 Å². The van der Waals surface area contributed by atoms with E-state index >= 15 is 0 Å². The standard InChI is InChI=1S/C21H20N2O6/c1-3-27-15-5-7-16(8-6-15)28-13-17-9-11-20(29-17)21(24)22-18-10-4-14(2)12-19(18)23(25)26/h4-12H,3,13H2,1-2H3,(H,22,24). The van der Waals surface area contributed by atoms with Crippen LogP contribution in [0.1, 0.15) is 28.8 Å². The summed E-state index contributed by atoms with van der Waals surface area (Å²) in [6.07, 6.45) is 0. The van der Waals surface area contributed by atoms with Crippen LogP contribution in [0.4, 0.5) is 11.4 Å². The Morgan fingerprint density at radius 2 is 1.76 bits per heavy atom. The maximum Gasteiger partial charge on any atom is 0.293 e. The van der Waals surface area contributed by atoms with Gasteiger partial charge in [-0.2, -0.15) is 0 Å². The molecule has 3 aromatic rings. The van der Waals surface area contributed by atoms with Gasteiger partial charge in [0.25, 0.3) is 11.6 Å². The number of nitro benzene ring substituents is 1. The number of benzene rings is 2. The Kier molecular flexibility index (Phi) is 6.13. The average Bonchev–Trinajstić information content (AvgIpc) is 3.18. The van der Waals surface area contributed by atoms with Gasteiger partial charge in [0.1, 0.15) is 29.6 Å². The summed E-state index contributed by atoms with van der Waals surface area (Å²) in [7, 11) is 0. The molecule has 1 aromatic heterocycles. The third-order valence-electron chi connectivity index (χ3n) is 4.00. The smallest absolute Gasteiger partial charge is 0.293 e. The molecule has 0 saturated heterocycles. The molecule has 1 amide bonds. The van der Waals surface area contributed by atoms with E-state index in [0.29, 0.717) is 18.1 Å². The third-order valence-corrected chi connectivity index (χ3v) is 4.00. The molecule has 0 aliphatic heterocycles. The molecule has 1 N–H and O–H groups in total. The number of nitrogens with one attached hydrogen (secondary N) is 1. The molecule has 8 nitrogen and oxygen atoms in total. The topological polar surface area (TPSA) is 104 Å². The summed E-state index contributed by atoms with van der Waals surface area (Å²) in [6, 6.07) is 14.8. The van der Waals surface area contributed by atoms with Crippen molar-refractivity contribution in [3.8, 4) is 11.5 Å². The van der Waals surface area contributed by atoms with Crippen LogP contribution in [0.25, 0.3) is 0 Å². The average molecular weight is 396 g/mol. The lowest BCUT2D eigenvalue weighted by atomic mass is 10.2. The van der Waals surface area contributed by atoms with E-state index in [9.17, 15) is 14.9 Å². The molecule has 0 aliphatic rings. The van der Waals surface area contributed by atoms with Gasteiger partial charge in [-0.25, -0.2) is 0 Å². The lowest BCUT2D eigenvalue weighted by Crippen LogP contribution is -2.12. The van der Waals surface area contributed by atoms with Crippen LogP contribution < -0.4 is 14.8 Å². The Morgan fingerprint density at radius 3 is 2.41 bits per heavy atom. The number of furan rings is 1. The highest BCUT2D eigenvalue weighted by atomic mass is 16.6. The molecule has 2 aromatic carbocycles. The first-order chi connectivity index (χ1) is 14.0. The van der Waals surface area contributed by atoms with Gasteiger partial charge in [0.2, 0.25) is 0 Å². The molecule has 0 fully saturated rings. The van der Waals surface area contributed by atoms with Crippen molar-refractivity contribution in [2.75, 3.05) is 11.9 Å². The Hall–Kier alpha value is -3.81. The van der Waals surface area contributed by atoms with Crippen molar-refractivity contribution in [1.82, 2.24) is 0 Å². The second-order valence-corrected chi connectivity index (χ2v) is 6.19. The Bertz CT molecular complexity index is 1010. The predicted molar refractivity (Wildman–Crippen MR) is 106 cm³/mol. The van der Waals surface area contributed by atoms with E-state index in [2.05, 4.69) is 5.32 Å². The van der Waals surface area contributed by atoms with Gasteiger partial charge in [0, 0.05) is 6.07 Å². The molecule has 0 bridgehead atoms. The number of anilines is 1. The van der Waals surface area contributed by atoms with Crippen LogP contribution in [0.3, 0.4) is 0 Å². The van der Waals surface area contributed by atoms with Crippen molar-refractivity contribution < 1.29 is 23.6 Å². The quantitative estimate of drug-likeness (QED) is 0.436. The van der Waals surface area contributed by atoms with Gasteiger partial charge in [-0.3, -0.25) is 14.9 Å². The van der Waals surface area contributed by atoms with Gasteiger partial charge >= 0.3 is 0 Å². The third kappa shape index (κ3) is 5.13. The number of amides is 1. The number of aryl methyl sites for hydroxylation is 1. The Balaban J connectivity index is 1.62. The van der Waals surface area contributed by atoms with E-state index in [1.165, 1.54) is 18.2 Å². The fourth-order valence-electron chi connectivity index (χ4n) is 2.61. The summed E-state index contributed by atoms with van der Waals surface area (Å²) >= 11 is 0. The van der Waals surface area contributed by atoms with Gasteiger partial charge in [-0.1, -0.05) is 6.07 Å². The molecule has 0 unspecified atom stereocenters. The van der Waals surface area contributed by atoms with Gasteiger partial charge in [-0.05, 0) is 61.9 Å². The van der Waals surface area contributed by atoms with Crippen molar-refractivity contribution in [2.24, 2.45) is 0 Å². The Labute approximate surface area is 167 Å². The summed E-state index contributed by atoms with van der Waals surface area (Å²) in [6.45, 7) is 4.36. The lowest BCUT2D eigenvalue weighted by molar-refractivity contribution is -0.384. The van der Waals surface area contributed by atoms with E-state index in [1.54, 1.807) is 43.3 Å². The number of rotatable bonds is 8. The molecule has 150 valence electrons. The van der Waals surface area contributed by atoms with Crippen molar-refractivity contribution in [1.29, 1.82) is 0 Å². The van der Waals surface area contributed by atoms with Crippen LogP contribution in [0.2, 0.25) is 0 Å². The minimum absolute atomic E-state index is 0.0326. The number of nitro groups is 1. The minimum atomic E-state index is -0.579. The lowest BCUT2D eigenvalue weighted by Gasteiger charge is -2.07. The van der Waals surface area contributed by atoms with Crippen molar-refractivity contribution in [2.45, 2.75) is 20.5 Å². The number of carbonyl (C=O) groups is 1. The van der Waals surface area contributed by atoms with Gasteiger partial charge < -0.3 is 19.2 Å². The predicted octanol–water partition coefficient (Wildman–Crippen LogP) is 4.73. The van der Waals surface area contributed by atoms with Gasteiger partial charge in [-0.15, -0.1) is 0 Å². The molecular formula is C21H20N2O6. The minimum Gasteiger partial charge on any atom is -0.494 e. The van der Waals surface area contributed by atoms with E-state index in [1.807, 2.05) is 6.92 Å². The molecule has 29 heavy (non-hydrogen) atoms. The molecule has 0 spiro atoms. The zero-order valence-corrected chi connectivity index (χ0v) is 16.0. The SMILES string of the molecule is CCOc1ccc(OCc2ccc(C(=O)Nc3ccc(C)cc3[N+](=O)[O-])o2)cc1. The highest BCUT2D eigenvalue weighted by Crippen LogP contribution is 2.26. The fraction of sp³-hybridized carbons (Fsp3) is 0.190. The fourth-order valence-corrected chi connectivity index (χ4v) is 2.61. The zero-order valence-electron chi connectivity index (χ0n) is 16.0. The van der Waals surface area contributed by atoms with Crippen LogP contribution in [0.5, 0.6) is 11.5 Å². The second kappa shape index (κ2) is 8.92. The highest BCUT2D eigenvalue weighted by molar-refractivity contribution is 6.03. The number of ether oxygens (including phenoxy) is 2. The number of carbonyl (C=O) groups excluding carboxylic acids is 1. The van der Waals surface area contributed by atoms with Gasteiger partial charge in [0.15, 0.2) is 5.76 Å². The van der Waals surface area contributed by atoms with Crippen LogP contribution >= 0.6 is 0 Å². The Morgan fingerprint density at radius 1 is 1.07 bits per heavy atom. The molecule has 0 saturated carbocycles. The van der Waals surface area contributed by atoms with Crippen molar-refractivity contribution in [3.63, 3.8) is 0 Å². The monoisotopic (exact) mass is 396 g/mol. The van der Waals surface area contributed by atoms with E-state index in [-0.39, 0.29) is 23.7 Å². The van der Waals surface area contributed by atoms with Crippen LogP contribution in [0, 0.1) is 17.0 Å². The molecule has 0 aliphatic carbocycles. The van der Waals surface area contributed by atoms with E-state index in [0.717, 1.165) is 11.3 Å². The maximum atomic E-state index is 12.4. The number of hydrogen-bond donors (Lipinski definition) is 1. The summed E-state index contributed by atoms with van der Waals surface area (Å²) in [5.41, 5.74) is 0.652. The summed E-state index contributed by atoms with van der Waals surface area (Å²) < 4.78 is 16.5. The second-order valence-electron chi connectivity index (χ2n) is 6.19. The number of nitrogens with zero attached hydrogens (tertiary/aromatic N) is 1. The van der Waals surface area contributed by atoms with E-state index in [4.69, 9.17) is 13.9 Å². The molecule has 0 radical (unpaired) electrons. The van der Waals surface area contributed by atoms with Crippen LogP contribution in [-0.4, -0.2) is 17.4 Å². The first kappa shape index (κ1) is 19.9. The molecule has 0 atom stereocenters. The zero-order chi connectivity index (χ0) is 20.8. The molecule has 3 rings (SSSR count). The normalized spacial score (nSPS) is 10.4. The number of hydrogen-bond acceptors (Lipinski definition) is 6. The van der Waals surface area contributed by atoms with E-state index < -0.39 is 10.8 Å². The van der Waals surface area contributed by atoms with Crippen molar-refractivity contribution >= 4 is 17.3 Å². The highest BCUT2D eigenvalue weighted by Gasteiger charge is 2.19. The van der Waals surface area contributed by atoms with Crippen LogP contribution in [0.15, 0.2) is 59.0 Å². The van der Waals surface area contributed by atoms with Crippen LogP contribution in [-0.2, 0) is 6.61 Å². The first-order valence-electron chi connectivity index (χ1n) is 8.97. The van der Waals surface area contributed by atoms with Crippen molar-refractivity contribution in [3.05, 3.63) is 81.8 Å². The first-order valence-corrected chi connectivity index (χ1v) is 8.97. The summed E-state index contributed by atoms with van der Waals surface area (Å²) in [4.78, 5) is 23.0. The summed E-state index contributed by atoms with van der Waals surface area (Å²) in [5.74, 6) is 1.28. The summed E-state index contributed by atoms with van der Waals surface area (Å²) in [5, 5.41) is 13.7. The molecule has 1 heterocycles. The molecular weight excluding hydrogens is 376 g/mol.